The number of carbonyl (C=O) groups excluding carboxylic acids is 1. The molecule has 2 aromatic rings. The fourth-order valence-corrected chi connectivity index (χ4v) is 4.32. The van der Waals surface area contributed by atoms with Crippen molar-refractivity contribution in [2.45, 2.75) is 32.4 Å². The predicted molar refractivity (Wildman–Crippen MR) is 134 cm³/mol. The van der Waals surface area contributed by atoms with Crippen LogP contribution in [0.4, 0.5) is 10.1 Å². The van der Waals surface area contributed by atoms with E-state index in [9.17, 15) is 9.18 Å². The summed E-state index contributed by atoms with van der Waals surface area (Å²) in [5.41, 5.74) is 3.02. The summed E-state index contributed by atoms with van der Waals surface area (Å²) < 4.78 is 31.2. The van der Waals surface area contributed by atoms with Gasteiger partial charge in [-0.3, -0.25) is 9.78 Å². The SMILES string of the molecule is CCc1c(F)cccc1NC(=S)C1=C(NCc2ccncc2OCC2COCCO2)CCNC1=O. The van der Waals surface area contributed by atoms with E-state index in [1.807, 2.05) is 13.0 Å². The van der Waals surface area contributed by atoms with Crippen LogP contribution in [0.15, 0.2) is 47.9 Å². The molecule has 0 aliphatic carbocycles. The molecule has 35 heavy (non-hydrogen) atoms. The van der Waals surface area contributed by atoms with Gasteiger partial charge in [-0.1, -0.05) is 25.2 Å². The number of hydrogen-bond donors (Lipinski definition) is 3. The summed E-state index contributed by atoms with van der Waals surface area (Å²) in [6.45, 7) is 4.77. The highest BCUT2D eigenvalue weighted by atomic mass is 32.1. The number of halogens is 1. The van der Waals surface area contributed by atoms with Crippen LogP contribution in [0.25, 0.3) is 0 Å². The number of pyridine rings is 1. The number of nitrogens with zero attached hydrogens (tertiary/aromatic N) is 1. The fourth-order valence-electron chi connectivity index (χ4n) is 3.99. The maximum absolute atomic E-state index is 14.2. The number of thiocarbonyl (C=S) groups is 1. The smallest absolute Gasteiger partial charge is 0.256 e. The minimum Gasteiger partial charge on any atom is -0.489 e. The molecule has 3 N–H and O–H groups in total. The lowest BCUT2D eigenvalue weighted by molar-refractivity contribution is -0.117. The first kappa shape index (κ1) is 25.0. The number of nitrogens with one attached hydrogen (secondary N) is 3. The molecule has 186 valence electrons. The number of benzene rings is 1. The highest BCUT2D eigenvalue weighted by molar-refractivity contribution is 7.81. The standard InChI is InChI=1S/C25H29FN4O4S/c1-2-18-19(26)4-3-5-20(18)30-25(35)23-21(7-9-28-24(23)31)29-12-16-6-8-27-13-22(16)34-15-17-14-32-10-11-33-17/h3-6,8,13,17,29H,2,7,9-12,14-15H2,1H3,(H,28,31)(H,30,35). The van der Waals surface area contributed by atoms with Crippen LogP contribution in [-0.2, 0) is 27.2 Å². The van der Waals surface area contributed by atoms with Gasteiger partial charge < -0.3 is 30.2 Å². The van der Waals surface area contributed by atoms with Gasteiger partial charge >= 0.3 is 0 Å². The van der Waals surface area contributed by atoms with E-state index in [-0.39, 0.29) is 22.8 Å². The largest absolute Gasteiger partial charge is 0.489 e. The number of carbonyl (C=O) groups is 1. The van der Waals surface area contributed by atoms with Gasteiger partial charge in [-0.2, -0.15) is 0 Å². The lowest BCUT2D eigenvalue weighted by atomic mass is 10.0. The Morgan fingerprint density at radius 1 is 1.34 bits per heavy atom. The van der Waals surface area contributed by atoms with Crippen molar-refractivity contribution >= 4 is 28.8 Å². The van der Waals surface area contributed by atoms with Crippen LogP contribution < -0.4 is 20.7 Å². The van der Waals surface area contributed by atoms with Crippen molar-refractivity contribution in [3.05, 3.63) is 64.9 Å². The van der Waals surface area contributed by atoms with Gasteiger partial charge in [-0.15, -0.1) is 0 Å². The monoisotopic (exact) mass is 500 g/mol. The highest BCUT2D eigenvalue weighted by Crippen LogP contribution is 2.23. The molecule has 10 heteroatoms. The van der Waals surface area contributed by atoms with Gasteiger partial charge in [-0.25, -0.2) is 4.39 Å². The van der Waals surface area contributed by atoms with Crippen molar-refractivity contribution in [2.75, 3.05) is 38.3 Å². The third-order valence-corrected chi connectivity index (χ3v) is 6.12. The van der Waals surface area contributed by atoms with Gasteiger partial charge in [0.1, 0.15) is 29.3 Å². The summed E-state index contributed by atoms with van der Waals surface area (Å²) in [4.78, 5) is 17.2. The Bertz CT molecular complexity index is 1100. The van der Waals surface area contributed by atoms with Gasteiger partial charge in [0.05, 0.1) is 31.6 Å². The van der Waals surface area contributed by atoms with Crippen LogP contribution >= 0.6 is 12.2 Å². The van der Waals surface area contributed by atoms with Gasteiger partial charge in [0.15, 0.2) is 0 Å². The van der Waals surface area contributed by atoms with Gasteiger partial charge in [-0.05, 0) is 24.6 Å². The molecule has 8 nitrogen and oxygen atoms in total. The van der Waals surface area contributed by atoms with Crippen molar-refractivity contribution in [1.29, 1.82) is 0 Å². The Morgan fingerprint density at radius 2 is 2.23 bits per heavy atom. The van der Waals surface area contributed by atoms with E-state index in [2.05, 4.69) is 20.9 Å². The minimum absolute atomic E-state index is 0.125. The van der Waals surface area contributed by atoms with Crippen LogP contribution in [0.5, 0.6) is 5.75 Å². The lowest BCUT2D eigenvalue weighted by Crippen LogP contribution is -2.39. The molecule has 1 amide bonds. The molecule has 1 aromatic carbocycles. The maximum atomic E-state index is 14.2. The molecule has 1 atom stereocenters. The molecule has 0 radical (unpaired) electrons. The molecule has 3 heterocycles. The van der Waals surface area contributed by atoms with Crippen LogP contribution in [0.3, 0.4) is 0 Å². The topological polar surface area (TPSA) is 93.7 Å². The predicted octanol–water partition coefficient (Wildman–Crippen LogP) is 2.88. The van der Waals surface area contributed by atoms with Crippen LogP contribution in [0.1, 0.15) is 24.5 Å². The van der Waals surface area contributed by atoms with Crippen molar-refractivity contribution in [3.8, 4) is 5.75 Å². The second-order valence-electron chi connectivity index (χ2n) is 8.15. The number of amides is 1. The number of ether oxygens (including phenoxy) is 3. The first-order valence-corrected chi connectivity index (χ1v) is 12.1. The summed E-state index contributed by atoms with van der Waals surface area (Å²) in [5.74, 6) is 0.0483. The molecular formula is C25H29FN4O4S. The minimum atomic E-state index is -0.309. The molecule has 2 aliphatic rings. The number of rotatable bonds is 9. The lowest BCUT2D eigenvalue weighted by Gasteiger charge is -2.25. The van der Waals surface area contributed by atoms with E-state index in [4.69, 9.17) is 26.4 Å². The molecule has 1 fully saturated rings. The average Bonchev–Trinajstić information content (AvgIpc) is 2.87. The maximum Gasteiger partial charge on any atom is 0.256 e. The van der Waals surface area contributed by atoms with Gasteiger partial charge in [0.25, 0.3) is 5.91 Å². The molecule has 2 aliphatic heterocycles. The Balaban J connectivity index is 1.48. The molecule has 4 rings (SSSR count). The first-order valence-electron chi connectivity index (χ1n) is 11.7. The normalized spacial score (nSPS) is 18.1. The Kier molecular flexibility index (Phi) is 8.62. The van der Waals surface area contributed by atoms with E-state index in [0.29, 0.717) is 80.6 Å². The summed E-state index contributed by atoms with van der Waals surface area (Å²) in [6, 6.07) is 6.64. The quantitative estimate of drug-likeness (QED) is 0.453. The number of anilines is 1. The van der Waals surface area contributed by atoms with E-state index >= 15 is 0 Å². The van der Waals surface area contributed by atoms with Crippen LogP contribution in [-0.4, -0.2) is 55.0 Å². The third kappa shape index (κ3) is 6.33. The van der Waals surface area contributed by atoms with E-state index in [1.165, 1.54) is 6.07 Å². The Hall–Kier alpha value is -3.08. The molecule has 0 saturated carbocycles. The van der Waals surface area contributed by atoms with Crippen LogP contribution in [0.2, 0.25) is 0 Å². The number of hydrogen-bond acceptors (Lipinski definition) is 7. The van der Waals surface area contributed by atoms with E-state index in [0.717, 1.165) is 5.56 Å². The molecule has 1 saturated heterocycles. The number of aromatic nitrogens is 1. The molecule has 1 unspecified atom stereocenters. The molecule has 0 spiro atoms. The Labute approximate surface area is 209 Å². The van der Waals surface area contributed by atoms with Crippen LogP contribution in [0, 0.1) is 5.82 Å². The fraction of sp³-hybridized carbons (Fsp3) is 0.400. The Morgan fingerprint density at radius 3 is 3.03 bits per heavy atom. The van der Waals surface area contributed by atoms with Gasteiger partial charge in [0, 0.05) is 48.2 Å². The zero-order chi connectivity index (χ0) is 24.6. The third-order valence-electron chi connectivity index (χ3n) is 5.81. The summed E-state index contributed by atoms with van der Waals surface area (Å²) in [6.07, 6.45) is 4.31. The molecular weight excluding hydrogens is 471 g/mol. The van der Waals surface area contributed by atoms with Crippen molar-refractivity contribution in [1.82, 2.24) is 15.6 Å². The second-order valence-corrected chi connectivity index (χ2v) is 8.56. The van der Waals surface area contributed by atoms with Crippen molar-refractivity contribution in [2.24, 2.45) is 0 Å². The van der Waals surface area contributed by atoms with Crippen molar-refractivity contribution in [3.63, 3.8) is 0 Å². The average molecular weight is 501 g/mol. The van der Waals surface area contributed by atoms with Crippen molar-refractivity contribution < 1.29 is 23.4 Å². The summed E-state index contributed by atoms with van der Waals surface area (Å²) >= 11 is 5.58. The molecule has 1 aromatic heterocycles. The summed E-state index contributed by atoms with van der Waals surface area (Å²) in [7, 11) is 0. The summed E-state index contributed by atoms with van der Waals surface area (Å²) in [5, 5.41) is 9.26. The van der Waals surface area contributed by atoms with E-state index < -0.39 is 0 Å². The zero-order valence-electron chi connectivity index (χ0n) is 19.6. The first-order chi connectivity index (χ1) is 17.1. The van der Waals surface area contributed by atoms with E-state index in [1.54, 1.807) is 24.5 Å². The second kappa shape index (κ2) is 12.1. The molecule has 0 bridgehead atoms. The zero-order valence-corrected chi connectivity index (χ0v) is 20.4. The van der Waals surface area contributed by atoms with Gasteiger partial charge in [0.2, 0.25) is 0 Å². The highest BCUT2D eigenvalue weighted by Gasteiger charge is 2.25.